The molecule has 3 aromatic rings. The highest BCUT2D eigenvalue weighted by atomic mass is 35.5. The van der Waals surface area contributed by atoms with Crippen LogP contribution in [0.2, 0.25) is 0 Å². The summed E-state index contributed by atoms with van der Waals surface area (Å²) in [4.78, 5) is 14.1. The van der Waals surface area contributed by atoms with Crippen molar-refractivity contribution in [3.8, 4) is 17.5 Å². The molecule has 2 aliphatic rings. The lowest BCUT2D eigenvalue weighted by molar-refractivity contribution is 0.0214. The van der Waals surface area contributed by atoms with Crippen LogP contribution in [0.5, 0.6) is 5.75 Å². The molecule has 192 valence electrons. The number of ether oxygens (including phenoxy) is 2. The molecule has 0 N–H and O–H groups in total. The van der Waals surface area contributed by atoms with E-state index < -0.39 is 10.5 Å². The molecule has 1 aliphatic heterocycles. The van der Waals surface area contributed by atoms with E-state index in [1.807, 2.05) is 43.5 Å². The fourth-order valence-corrected chi connectivity index (χ4v) is 5.27. The number of amides is 1. The third-order valence-corrected chi connectivity index (χ3v) is 7.43. The summed E-state index contributed by atoms with van der Waals surface area (Å²) >= 11 is 7.23. The minimum Gasteiger partial charge on any atom is -0.490 e. The van der Waals surface area contributed by atoms with Crippen LogP contribution in [0, 0.1) is 11.3 Å². The summed E-state index contributed by atoms with van der Waals surface area (Å²) in [6.45, 7) is 6.26. The first-order valence-corrected chi connectivity index (χ1v) is 12.9. The van der Waals surface area contributed by atoms with Gasteiger partial charge in [-0.15, -0.1) is 21.8 Å². The van der Waals surface area contributed by atoms with Crippen LogP contribution in [0.15, 0.2) is 48.8 Å². The molecule has 0 atom stereocenters. The first-order valence-electron chi connectivity index (χ1n) is 12.5. The molecular weight excluding hydrogens is 490 g/mol. The number of aromatic nitrogens is 3. The standard InChI is InChI=1S/C28H30ClN5O3/c1-27(2,3)37-26(35)33-16-20-14-21(6-9-24(20)34-18-31-32-25(34)17-33)28(29)12-10-23(11-13-28)36-22-7-4-19(15-30)5-8-22/h4-9,14,18,23H,10-13,16-17H2,1-3H3. The van der Waals surface area contributed by atoms with Gasteiger partial charge in [-0.05, 0) is 87.9 Å². The van der Waals surface area contributed by atoms with Gasteiger partial charge in [0.25, 0.3) is 0 Å². The van der Waals surface area contributed by atoms with Crippen LogP contribution in [0.1, 0.15) is 69.0 Å². The maximum Gasteiger partial charge on any atom is 0.411 e. The smallest absolute Gasteiger partial charge is 0.411 e. The van der Waals surface area contributed by atoms with E-state index in [0.29, 0.717) is 24.5 Å². The van der Waals surface area contributed by atoms with Gasteiger partial charge in [-0.2, -0.15) is 5.26 Å². The van der Waals surface area contributed by atoms with Gasteiger partial charge in [0, 0.05) is 0 Å². The molecule has 2 heterocycles. The molecule has 2 aromatic carbocycles. The van der Waals surface area contributed by atoms with Crippen molar-refractivity contribution in [2.24, 2.45) is 0 Å². The predicted molar refractivity (Wildman–Crippen MR) is 138 cm³/mol. The first kappa shape index (κ1) is 25.1. The molecule has 0 bridgehead atoms. The van der Waals surface area contributed by atoms with Gasteiger partial charge in [0.1, 0.15) is 17.7 Å². The lowest BCUT2D eigenvalue weighted by Crippen LogP contribution is -2.36. The van der Waals surface area contributed by atoms with E-state index in [2.05, 4.69) is 28.4 Å². The number of hydrogen-bond donors (Lipinski definition) is 0. The van der Waals surface area contributed by atoms with Crippen molar-refractivity contribution >= 4 is 17.7 Å². The maximum atomic E-state index is 13.0. The SMILES string of the molecule is CC(C)(C)OC(=O)N1Cc2cc(C3(Cl)CCC(Oc4ccc(C#N)cc4)CC3)ccc2-n2cnnc2C1. The van der Waals surface area contributed by atoms with Crippen LogP contribution in [-0.4, -0.2) is 37.5 Å². The highest BCUT2D eigenvalue weighted by molar-refractivity contribution is 6.24. The zero-order valence-electron chi connectivity index (χ0n) is 21.3. The second-order valence-corrected chi connectivity index (χ2v) is 11.4. The van der Waals surface area contributed by atoms with E-state index in [1.165, 1.54) is 0 Å². The largest absolute Gasteiger partial charge is 0.490 e. The van der Waals surface area contributed by atoms with Crippen LogP contribution in [0.25, 0.3) is 5.69 Å². The molecule has 9 heteroatoms. The highest BCUT2D eigenvalue weighted by Crippen LogP contribution is 2.45. The van der Waals surface area contributed by atoms with Gasteiger partial charge in [0.15, 0.2) is 5.82 Å². The summed E-state index contributed by atoms with van der Waals surface area (Å²) < 4.78 is 13.7. The summed E-state index contributed by atoms with van der Waals surface area (Å²) in [6.07, 6.45) is 4.53. The van der Waals surface area contributed by atoms with Crippen molar-refractivity contribution in [2.45, 2.75) is 76.1 Å². The monoisotopic (exact) mass is 519 g/mol. The number of halogens is 1. The van der Waals surface area contributed by atoms with Crippen LogP contribution in [-0.2, 0) is 22.7 Å². The number of fused-ring (bicyclic) bond motifs is 3. The summed E-state index contributed by atoms with van der Waals surface area (Å²) in [5.74, 6) is 1.45. The highest BCUT2D eigenvalue weighted by Gasteiger charge is 2.37. The Labute approximate surface area is 221 Å². The summed E-state index contributed by atoms with van der Waals surface area (Å²) in [7, 11) is 0. The Balaban J connectivity index is 1.34. The van der Waals surface area contributed by atoms with Gasteiger partial charge in [0.05, 0.1) is 41.4 Å². The molecule has 1 fully saturated rings. The van der Waals surface area contributed by atoms with Gasteiger partial charge in [-0.25, -0.2) is 4.79 Å². The van der Waals surface area contributed by atoms with E-state index >= 15 is 0 Å². The van der Waals surface area contributed by atoms with E-state index in [0.717, 1.165) is 48.2 Å². The zero-order valence-corrected chi connectivity index (χ0v) is 22.0. The van der Waals surface area contributed by atoms with E-state index in [-0.39, 0.29) is 12.2 Å². The number of rotatable bonds is 3. The number of alkyl halides is 1. The number of carbonyl (C=O) groups is 1. The molecule has 5 rings (SSSR count). The Bertz CT molecular complexity index is 1330. The average molecular weight is 520 g/mol. The number of benzene rings is 2. The molecule has 1 amide bonds. The third kappa shape index (κ3) is 5.42. The fraction of sp³-hybridized carbons (Fsp3) is 0.429. The van der Waals surface area contributed by atoms with Gasteiger partial charge >= 0.3 is 6.09 Å². The molecule has 1 aromatic heterocycles. The van der Waals surface area contributed by atoms with Crippen LogP contribution >= 0.6 is 11.6 Å². The van der Waals surface area contributed by atoms with Crippen LogP contribution < -0.4 is 4.74 Å². The summed E-state index contributed by atoms with van der Waals surface area (Å²) in [5, 5.41) is 17.3. The number of carbonyl (C=O) groups excluding carboxylic acids is 1. The lowest BCUT2D eigenvalue weighted by Gasteiger charge is -2.36. The quantitative estimate of drug-likeness (QED) is 0.403. The van der Waals surface area contributed by atoms with Gasteiger partial charge in [-0.1, -0.05) is 12.1 Å². The Hall–Kier alpha value is -3.57. The number of hydrogen-bond acceptors (Lipinski definition) is 6. The summed E-state index contributed by atoms with van der Waals surface area (Å²) in [5.41, 5.74) is 2.96. The van der Waals surface area contributed by atoms with Crippen molar-refractivity contribution in [3.05, 3.63) is 71.3 Å². The van der Waals surface area contributed by atoms with Crippen molar-refractivity contribution in [1.82, 2.24) is 19.7 Å². The summed E-state index contributed by atoms with van der Waals surface area (Å²) in [6, 6.07) is 15.5. The number of nitriles is 1. The molecule has 0 unspecified atom stereocenters. The molecule has 37 heavy (non-hydrogen) atoms. The number of nitrogens with zero attached hydrogens (tertiary/aromatic N) is 5. The van der Waals surface area contributed by atoms with E-state index in [1.54, 1.807) is 23.4 Å². The van der Waals surface area contributed by atoms with Crippen LogP contribution in [0.3, 0.4) is 0 Å². The van der Waals surface area contributed by atoms with Crippen LogP contribution in [0.4, 0.5) is 4.79 Å². The molecule has 0 radical (unpaired) electrons. The molecule has 0 spiro atoms. The molecule has 8 nitrogen and oxygen atoms in total. The van der Waals surface area contributed by atoms with Gasteiger partial charge < -0.3 is 9.47 Å². The molecule has 1 saturated carbocycles. The lowest BCUT2D eigenvalue weighted by atomic mass is 9.81. The van der Waals surface area contributed by atoms with E-state index in [9.17, 15) is 4.79 Å². The topological polar surface area (TPSA) is 93.3 Å². The van der Waals surface area contributed by atoms with Crippen molar-refractivity contribution in [1.29, 1.82) is 5.26 Å². The predicted octanol–water partition coefficient (Wildman–Crippen LogP) is 5.85. The molecule has 0 saturated heterocycles. The minimum atomic E-state index is -0.597. The second-order valence-electron chi connectivity index (χ2n) is 10.7. The molecule has 1 aliphatic carbocycles. The fourth-order valence-electron chi connectivity index (χ4n) is 4.94. The minimum absolute atomic E-state index is 0.0721. The molecular formula is C28H30ClN5O3. The zero-order chi connectivity index (χ0) is 26.2. The Morgan fingerprint density at radius 1 is 1.14 bits per heavy atom. The van der Waals surface area contributed by atoms with Crippen molar-refractivity contribution in [3.63, 3.8) is 0 Å². The first-order chi connectivity index (χ1) is 17.6. The Morgan fingerprint density at radius 3 is 2.54 bits per heavy atom. The van der Waals surface area contributed by atoms with Crippen molar-refractivity contribution < 1.29 is 14.3 Å². The van der Waals surface area contributed by atoms with E-state index in [4.69, 9.17) is 26.3 Å². The second kappa shape index (κ2) is 9.71. The average Bonchev–Trinajstić information content (AvgIpc) is 3.26. The Morgan fingerprint density at radius 2 is 1.86 bits per heavy atom. The normalized spacial score (nSPS) is 21.3. The third-order valence-electron chi connectivity index (χ3n) is 6.83. The Kier molecular flexibility index (Phi) is 6.59. The van der Waals surface area contributed by atoms with Crippen molar-refractivity contribution in [2.75, 3.05) is 0 Å². The van der Waals surface area contributed by atoms with Gasteiger partial charge in [0.2, 0.25) is 0 Å². The maximum absolute atomic E-state index is 13.0. The van der Waals surface area contributed by atoms with Gasteiger partial charge in [-0.3, -0.25) is 9.47 Å².